The zero-order valence-corrected chi connectivity index (χ0v) is 19.1. The standard InChI is InChI=1S/C22H25N3O4S2/c1-3-31(28,29)25-6-4-14(5-7-25)19-11-24-21-17(19)8-15(9-18(21)22(23)27)16-10-20(13(2)26)30-12-16/h8-12,14,24H,3-7H2,1-2H3,(H2,23,27). The zero-order valence-electron chi connectivity index (χ0n) is 17.5. The quantitative estimate of drug-likeness (QED) is 0.547. The zero-order chi connectivity index (χ0) is 22.3. The Labute approximate surface area is 185 Å². The number of thiophene rings is 1. The second-order valence-electron chi connectivity index (χ2n) is 7.88. The van der Waals surface area contributed by atoms with Crippen molar-refractivity contribution in [1.82, 2.24) is 9.29 Å². The molecule has 2 aromatic heterocycles. The molecule has 0 spiro atoms. The fourth-order valence-electron chi connectivity index (χ4n) is 4.25. The number of carbonyl (C=O) groups is 2. The third-order valence-corrected chi connectivity index (χ3v) is 8.93. The first-order chi connectivity index (χ1) is 14.7. The number of hydrogen-bond acceptors (Lipinski definition) is 5. The van der Waals surface area contributed by atoms with E-state index in [-0.39, 0.29) is 17.5 Å². The van der Waals surface area contributed by atoms with Gasteiger partial charge in [0, 0.05) is 24.7 Å². The molecule has 31 heavy (non-hydrogen) atoms. The van der Waals surface area contributed by atoms with E-state index in [0.29, 0.717) is 29.0 Å². The van der Waals surface area contributed by atoms with Crippen LogP contribution in [0.15, 0.2) is 29.8 Å². The Morgan fingerprint density at radius 1 is 1.19 bits per heavy atom. The van der Waals surface area contributed by atoms with Gasteiger partial charge in [0.05, 0.1) is 21.7 Å². The summed E-state index contributed by atoms with van der Waals surface area (Å²) in [6, 6.07) is 5.61. The second-order valence-corrected chi connectivity index (χ2v) is 11.1. The molecule has 1 fully saturated rings. The number of Topliss-reactive ketones (excluding diaryl/α,β-unsaturated/α-hetero) is 1. The minimum atomic E-state index is -3.18. The van der Waals surface area contributed by atoms with Gasteiger partial charge in [0.25, 0.3) is 5.91 Å². The molecule has 0 atom stereocenters. The highest BCUT2D eigenvalue weighted by Crippen LogP contribution is 2.38. The van der Waals surface area contributed by atoms with Crippen molar-refractivity contribution >= 4 is 44.0 Å². The number of aromatic amines is 1. The van der Waals surface area contributed by atoms with Crippen molar-refractivity contribution in [2.75, 3.05) is 18.8 Å². The van der Waals surface area contributed by atoms with E-state index < -0.39 is 15.9 Å². The van der Waals surface area contributed by atoms with Crippen LogP contribution in [0.2, 0.25) is 0 Å². The van der Waals surface area contributed by atoms with E-state index in [0.717, 1.165) is 34.9 Å². The summed E-state index contributed by atoms with van der Waals surface area (Å²) in [5.41, 5.74) is 9.53. The number of benzene rings is 1. The molecule has 1 aliphatic rings. The number of carbonyl (C=O) groups excluding carboxylic acids is 2. The fourth-order valence-corrected chi connectivity index (χ4v) is 6.20. The molecule has 164 valence electrons. The fraction of sp³-hybridized carbons (Fsp3) is 0.364. The molecule has 1 amide bonds. The van der Waals surface area contributed by atoms with Crippen molar-refractivity contribution < 1.29 is 18.0 Å². The number of nitrogens with two attached hydrogens (primary N) is 1. The van der Waals surface area contributed by atoms with E-state index in [1.165, 1.54) is 18.3 Å². The van der Waals surface area contributed by atoms with Crippen molar-refractivity contribution in [2.24, 2.45) is 5.73 Å². The van der Waals surface area contributed by atoms with Gasteiger partial charge in [-0.3, -0.25) is 9.59 Å². The predicted octanol–water partition coefficient (Wildman–Crippen LogP) is 3.73. The van der Waals surface area contributed by atoms with Gasteiger partial charge in [0.15, 0.2) is 5.78 Å². The van der Waals surface area contributed by atoms with Crippen molar-refractivity contribution in [3.05, 3.63) is 45.8 Å². The SMILES string of the molecule is CCS(=O)(=O)N1CCC(c2c[nH]c3c(C(N)=O)cc(-c4csc(C(C)=O)c4)cc23)CC1. The summed E-state index contributed by atoms with van der Waals surface area (Å²) < 4.78 is 25.9. The number of amides is 1. The number of nitrogens with one attached hydrogen (secondary N) is 1. The predicted molar refractivity (Wildman–Crippen MR) is 123 cm³/mol. The molecular formula is C22H25N3O4S2. The van der Waals surface area contributed by atoms with Crippen LogP contribution in [0.25, 0.3) is 22.0 Å². The second kappa shape index (κ2) is 8.22. The van der Waals surface area contributed by atoms with E-state index >= 15 is 0 Å². The van der Waals surface area contributed by atoms with Gasteiger partial charge < -0.3 is 10.7 Å². The van der Waals surface area contributed by atoms with E-state index in [4.69, 9.17) is 5.73 Å². The number of hydrogen-bond donors (Lipinski definition) is 2. The van der Waals surface area contributed by atoms with Gasteiger partial charge in [-0.1, -0.05) is 0 Å². The maximum atomic E-state index is 12.2. The lowest BCUT2D eigenvalue weighted by Crippen LogP contribution is -2.38. The Hall–Kier alpha value is -2.49. The van der Waals surface area contributed by atoms with Crippen LogP contribution in [0, 0.1) is 0 Å². The number of aromatic nitrogens is 1. The number of H-pyrrole nitrogens is 1. The summed E-state index contributed by atoms with van der Waals surface area (Å²) in [5.74, 6) is -0.225. The lowest BCUT2D eigenvalue weighted by molar-refractivity contribution is 0.0998. The van der Waals surface area contributed by atoms with Gasteiger partial charge in [0.2, 0.25) is 10.0 Å². The molecular weight excluding hydrogens is 434 g/mol. The van der Waals surface area contributed by atoms with Gasteiger partial charge in [0.1, 0.15) is 0 Å². The topological polar surface area (TPSA) is 113 Å². The molecule has 0 unspecified atom stereocenters. The lowest BCUT2D eigenvalue weighted by Gasteiger charge is -2.31. The highest BCUT2D eigenvalue weighted by molar-refractivity contribution is 7.89. The molecule has 4 rings (SSSR count). The molecule has 9 heteroatoms. The van der Waals surface area contributed by atoms with Crippen molar-refractivity contribution in [2.45, 2.75) is 32.6 Å². The van der Waals surface area contributed by atoms with Crippen LogP contribution in [0.5, 0.6) is 0 Å². The van der Waals surface area contributed by atoms with Crippen LogP contribution < -0.4 is 5.73 Å². The van der Waals surface area contributed by atoms with Crippen molar-refractivity contribution in [1.29, 1.82) is 0 Å². The number of fused-ring (bicyclic) bond motifs is 1. The van der Waals surface area contributed by atoms with Gasteiger partial charge >= 0.3 is 0 Å². The molecule has 3 heterocycles. The number of piperidine rings is 1. The van der Waals surface area contributed by atoms with Gasteiger partial charge in [-0.05, 0) is 72.9 Å². The third-order valence-electron chi connectivity index (χ3n) is 6.02. The Morgan fingerprint density at radius 2 is 1.90 bits per heavy atom. The number of ketones is 1. The van der Waals surface area contributed by atoms with Gasteiger partial charge in [-0.2, -0.15) is 0 Å². The van der Waals surface area contributed by atoms with Crippen LogP contribution >= 0.6 is 11.3 Å². The molecule has 3 N–H and O–H groups in total. The molecule has 1 aliphatic heterocycles. The van der Waals surface area contributed by atoms with Gasteiger partial charge in [-0.25, -0.2) is 12.7 Å². The molecule has 0 bridgehead atoms. The average molecular weight is 460 g/mol. The maximum Gasteiger partial charge on any atom is 0.250 e. The minimum absolute atomic E-state index is 0.00331. The summed E-state index contributed by atoms with van der Waals surface area (Å²) in [7, 11) is -3.18. The van der Waals surface area contributed by atoms with E-state index in [2.05, 4.69) is 4.98 Å². The molecule has 0 aliphatic carbocycles. The summed E-state index contributed by atoms with van der Waals surface area (Å²) in [6.07, 6.45) is 3.34. The molecule has 3 aromatic rings. The molecule has 1 saturated heterocycles. The molecule has 1 aromatic carbocycles. The summed E-state index contributed by atoms with van der Waals surface area (Å²) in [5, 5.41) is 2.82. The molecule has 0 saturated carbocycles. The highest BCUT2D eigenvalue weighted by atomic mass is 32.2. The van der Waals surface area contributed by atoms with E-state index in [9.17, 15) is 18.0 Å². The smallest absolute Gasteiger partial charge is 0.250 e. The monoisotopic (exact) mass is 459 g/mol. The Bertz CT molecular complexity index is 1270. The van der Waals surface area contributed by atoms with E-state index in [1.54, 1.807) is 17.3 Å². The van der Waals surface area contributed by atoms with Crippen LogP contribution in [0.1, 0.15) is 58.2 Å². The number of rotatable bonds is 6. The first-order valence-electron chi connectivity index (χ1n) is 10.2. The minimum Gasteiger partial charge on any atom is -0.366 e. The Morgan fingerprint density at radius 3 is 2.48 bits per heavy atom. The normalized spacial score (nSPS) is 16.1. The van der Waals surface area contributed by atoms with Crippen molar-refractivity contribution in [3.63, 3.8) is 0 Å². The number of sulfonamides is 1. The van der Waals surface area contributed by atoms with Crippen LogP contribution in [-0.4, -0.2) is 48.2 Å². The first kappa shape index (κ1) is 21.7. The number of primary amides is 1. The third kappa shape index (κ3) is 4.05. The maximum absolute atomic E-state index is 12.2. The Balaban J connectivity index is 1.73. The largest absolute Gasteiger partial charge is 0.366 e. The Kier molecular flexibility index (Phi) is 5.76. The van der Waals surface area contributed by atoms with E-state index in [1.807, 2.05) is 23.7 Å². The molecule has 0 radical (unpaired) electrons. The van der Waals surface area contributed by atoms with Crippen molar-refractivity contribution in [3.8, 4) is 11.1 Å². The lowest BCUT2D eigenvalue weighted by atomic mass is 9.88. The first-order valence-corrected chi connectivity index (χ1v) is 12.7. The molecule has 7 nitrogen and oxygen atoms in total. The van der Waals surface area contributed by atoms with Crippen LogP contribution in [0.3, 0.4) is 0 Å². The van der Waals surface area contributed by atoms with Crippen LogP contribution in [0.4, 0.5) is 0 Å². The highest BCUT2D eigenvalue weighted by Gasteiger charge is 2.29. The van der Waals surface area contributed by atoms with Crippen LogP contribution in [-0.2, 0) is 10.0 Å². The summed E-state index contributed by atoms with van der Waals surface area (Å²) >= 11 is 1.38. The number of nitrogens with zero attached hydrogens (tertiary/aromatic N) is 1. The summed E-state index contributed by atoms with van der Waals surface area (Å²) in [6.45, 7) is 4.17. The average Bonchev–Trinajstić information content (AvgIpc) is 3.40. The summed E-state index contributed by atoms with van der Waals surface area (Å²) in [4.78, 5) is 27.7. The van der Waals surface area contributed by atoms with Gasteiger partial charge in [-0.15, -0.1) is 11.3 Å².